The molecular weight excluding hydrogens is 244 g/mol. The molecule has 1 fully saturated rings. The van der Waals surface area contributed by atoms with Gasteiger partial charge in [-0.25, -0.2) is 0 Å². The van der Waals surface area contributed by atoms with E-state index in [9.17, 15) is 9.59 Å². The molecule has 0 spiro atoms. The molecule has 6 nitrogen and oxygen atoms in total. The minimum atomic E-state index is -0.406. The molecule has 1 atom stereocenters. The fourth-order valence-corrected chi connectivity index (χ4v) is 2.15. The highest BCUT2D eigenvalue weighted by Crippen LogP contribution is 2.11. The molecule has 0 aromatic carbocycles. The molecular formula is C13H18N4O2. The normalized spacial score (nSPS) is 20.1. The van der Waals surface area contributed by atoms with Gasteiger partial charge >= 0.3 is 0 Å². The molecule has 1 aliphatic heterocycles. The maximum atomic E-state index is 12.3. The quantitative estimate of drug-likeness (QED) is 0.857. The Hall–Kier alpha value is -1.98. The SMILES string of the molecule is CCCC1NC(=O)CCN(Cc2cccnn2)C1=O. The van der Waals surface area contributed by atoms with Crippen molar-refractivity contribution in [3.63, 3.8) is 0 Å². The van der Waals surface area contributed by atoms with Crippen LogP contribution in [0.1, 0.15) is 31.9 Å². The van der Waals surface area contributed by atoms with Crippen molar-refractivity contribution in [1.82, 2.24) is 20.4 Å². The van der Waals surface area contributed by atoms with E-state index in [1.54, 1.807) is 17.2 Å². The predicted molar refractivity (Wildman–Crippen MR) is 68.9 cm³/mol. The number of carbonyl (C=O) groups excluding carboxylic acids is 2. The molecule has 2 amide bonds. The largest absolute Gasteiger partial charge is 0.344 e. The number of amides is 2. The van der Waals surface area contributed by atoms with Crippen molar-refractivity contribution in [2.24, 2.45) is 0 Å². The first-order chi connectivity index (χ1) is 9.20. The second-order valence-electron chi connectivity index (χ2n) is 4.63. The molecule has 2 rings (SSSR count). The fourth-order valence-electron chi connectivity index (χ4n) is 2.15. The Morgan fingerprint density at radius 1 is 1.47 bits per heavy atom. The zero-order chi connectivity index (χ0) is 13.7. The molecule has 0 aliphatic carbocycles. The van der Waals surface area contributed by atoms with Crippen molar-refractivity contribution >= 4 is 11.8 Å². The smallest absolute Gasteiger partial charge is 0.245 e. The third kappa shape index (κ3) is 3.49. The Balaban J connectivity index is 2.10. The lowest BCUT2D eigenvalue weighted by atomic mass is 10.1. The molecule has 0 bridgehead atoms. The van der Waals surface area contributed by atoms with E-state index >= 15 is 0 Å². The van der Waals surface area contributed by atoms with E-state index in [1.165, 1.54) is 0 Å². The highest BCUT2D eigenvalue weighted by molar-refractivity contribution is 5.89. The van der Waals surface area contributed by atoms with E-state index in [0.29, 0.717) is 25.9 Å². The van der Waals surface area contributed by atoms with Gasteiger partial charge in [-0.15, -0.1) is 0 Å². The number of hydrogen-bond acceptors (Lipinski definition) is 4. The maximum absolute atomic E-state index is 12.3. The summed E-state index contributed by atoms with van der Waals surface area (Å²) in [5.41, 5.74) is 0.737. The number of nitrogens with one attached hydrogen (secondary N) is 1. The molecule has 1 unspecified atom stereocenters. The van der Waals surface area contributed by atoms with E-state index in [2.05, 4.69) is 15.5 Å². The zero-order valence-electron chi connectivity index (χ0n) is 11.0. The van der Waals surface area contributed by atoms with Crippen LogP contribution in [0.4, 0.5) is 0 Å². The third-order valence-corrected chi connectivity index (χ3v) is 3.11. The topological polar surface area (TPSA) is 75.2 Å². The van der Waals surface area contributed by atoms with E-state index in [-0.39, 0.29) is 11.8 Å². The number of aromatic nitrogens is 2. The van der Waals surface area contributed by atoms with Crippen LogP contribution in [-0.2, 0) is 16.1 Å². The van der Waals surface area contributed by atoms with Gasteiger partial charge < -0.3 is 10.2 Å². The van der Waals surface area contributed by atoms with Gasteiger partial charge in [-0.3, -0.25) is 9.59 Å². The van der Waals surface area contributed by atoms with Gasteiger partial charge in [0.2, 0.25) is 11.8 Å². The lowest BCUT2D eigenvalue weighted by Gasteiger charge is -2.23. The standard InChI is InChI=1S/C13H18N4O2/c1-2-4-11-13(19)17(8-6-12(18)15-11)9-10-5-3-7-14-16-10/h3,5,7,11H,2,4,6,8-9H2,1H3,(H,15,18). The van der Waals surface area contributed by atoms with Crippen LogP contribution in [0.15, 0.2) is 18.3 Å². The van der Waals surface area contributed by atoms with Gasteiger partial charge in [0.25, 0.3) is 0 Å². The van der Waals surface area contributed by atoms with Crippen LogP contribution in [0.25, 0.3) is 0 Å². The van der Waals surface area contributed by atoms with Gasteiger partial charge in [-0.2, -0.15) is 10.2 Å². The second kappa shape index (κ2) is 6.26. The summed E-state index contributed by atoms with van der Waals surface area (Å²) in [5.74, 6) is -0.0909. The molecule has 0 saturated carbocycles. The summed E-state index contributed by atoms with van der Waals surface area (Å²) in [4.78, 5) is 25.6. The first kappa shape index (κ1) is 13.5. The van der Waals surface area contributed by atoms with Gasteiger partial charge in [-0.1, -0.05) is 13.3 Å². The van der Waals surface area contributed by atoms with Crippen LogP contribution in [0.3, 0.4) is 0 Å². The number of hydrogen-bond donors (Lipinski definition) is 1. The molecule has 1 aliphatic rings. The summed E-state index contributed by atoms with van der Waals surface area (Å²) in [6.07, 6.45) is 3.46. The Labute approximate surface area is 112 Å². The van der Waals surface area contributed by atoms with Crippen molar-refractivity contribution in [1.29, 1.82) is 0 Å². The van der Waals surface area contributed by atoms with Crippen LogP contribution < -0.4 is 5.32 Å². The molecule has 1 aromatic rings. The van der Waals surface area contributed by atoms with E-state index < -0.39 is 6.04 Å². The average Bonchev–Trinajstić information content (AvgIpc) is 2.54. The lowest BCUT2D eigenvalue weighted by molar-refractivity contribution is -0.134. The Morgan fingerprint density at radius 2 is 2.32 bits per heavy atom. The number of nitrogens with zero attached hydrogens (tertiary/aromatic N) is 3. The number of carbonyl (C=O) groups is 2. The van der Waals surface area contributed by atoms with Crippen molar-refractivity contribution in [2.75, 3.05) is 6.54 Å². The Bertz CT molecular complexity index is 449. The highest BCUT2D eigenvalue weighted by atomic mass is 16.2. The minimum absolute atomic E-state index is 0.0293. The van der Waals surface area contributed by atoms with Gasteiger partial charge in [0.1, 0.15) is 6.04 Å². The van der Waals surface area contributed by atoms with Crippen LogP contribution in [-0.4, -0.2) is 39.5 Å². The Kier molecular flexibility index (Phi) is 4.43. The molecule has 102 valence electrons. The Morgan fingerprint density at radius 3 is 3.00 bits per heavy atom. The summed E-state index contributed by atoms with van der Waals surface area (Å²) in [5, 5.41) is 10.6. The van der Waals surface area contributed by atoms with Crippen LogP contribution in [0.5, 0.6) is 0 Å². The lowest BCUT2D eigenvalue weighted by Crippen LogP contribution is -2.44. The molecule has 1 aromatic heterocycles. The van der Waals surface area contributed by atoms with Gasteiger partial charge in [-0.05, 0) is 18.6 Å². The molecule has 1 N–H and O–H groups in total. The molecule has 0 radical (unpaired) electrons. The van der Waals surface area contributed by atoms with Gasteiger partial charge in [0.15, 0.2) is 0 Å². The first-order valence-corrected chi connectivity index (χ1v) is 6.55. The van der Waals surface area contributed by atoms with Gasteiger partial charge in [0.05, 0.1) is 12.2 Å². The summed E-state index contributed by atoms with van der Waals surface area (Å²) >= 11 is 0. The molecule has 1 saturated heterocycles. The van der Waals surface area contributed by atoms with Crippen molar-refractivity contribution in [2.45, 2.75) is 38.8 Å². The van der Waals surface area contributed by atoms with Crippen LogP contribution >= 0.6 is 0 Å². The van der Waals surface area contributed by atoms with Gasteiger partial charge in [0, 0.05) is 19.2 Å². The minimum Gasteiger partial charge on any atom is -0.344 e. The van der Waals surface area contributed by atoms with Crippen LogP contribution in [0, 0.1) is 0 Å². The third-order valence-electron chi connectivity index (χ3n) is 3.11. The van der Waals surface area contributed by atoms with E-state index in [0.717, 1.165) is 12.1 Å². The highest BCUT2D eigenvalue weighted by Gasteiger charge is 2.29. The zero-order valence-corrected chi connectivity index (χ0v) is 11.0. The molecule has 6 heteroatoms. The fraction of sp³-hybridized carbons (Fsp3) is 0.538. The van der Waals surface area contributed by atoms with Crippen molar-refractivity contribution in [3.05, 3.63) is 24.0 Å². The molecule has 2 heterocycles. The summed E-state index contributed by atoms with van der Waals surface area (Å²) < 4.78 is 0. The van der Waals surface area contributed by atoms with Crippen molar-refractivity contribution in [3.8, 4) is 0 Å². The monoisotopic (exact) mass is 262 g/mol. The predicted octanol–water partition coefficient (Wildman–Crippen LogP) is 0.494. The van der Waals surface area contributed by atoms with Crippen molar-refractivity contribution < 1.29 is 9.59 Å². The second-order valence-corrected chi connectivity index (χ2v) is 4.63. The summed E-state index contributed by atoms with van der Waals surface area (Å²) in [7, 11) is 0. The first-order valence-electron chi connectivity index (χ1n) is 6.55. The summed E-state index contributed by atoms with van der Waals surface area (Å²) in [6.45, 7) is 2.83. The number of rotatable bonds is 4. The maximum Gasteiger partial charge on any atom is 0.245 e. The molecule has 19 heavy (non-hydrogen) atoms. The average molecular weight is 262 g/mol. The van der Waals surface area contributed by atoms with Crippen LogP contribution in [0.2, 0.25) is 0 Å². The van der Waals surface area contributed by atoms with E-state index in [4.69, 9.17) is 0 Å². The summed E-state index contributed by atoms with van der Waals surface area (Å²) in [6, 6.07) is 3.21. The van der Waals surface area contributed by atoms with E-state index in [1.807, 2.05) is 13.0 Å².